The highest BCUT2D eigenvalue weighted by atomic mass is 15.3. The van der Waals surface area contributed by atoms with Gasteiger partial charge in [0, 0.05) is 19.4 Å². The van der Waals surface area contributed by atoms with E-state index in [0.29, 0.717) is 12.5 Å². The van der Waals surface area contributed by atoms with Crippen LogP contribution in [0.4, 0.5) is 11.6 Å². The first-order valence-electron chi connectivity index (χ1n) is 8.67. The summed E-state index contributed by atoms with van der Waals surface area (Å²) in [5, 5.41) is 15.2. The molecule has 7 nitrogen and oxygen atoms in total. The number of anilines is 2. The molecule has 3 heterocycles. The van der Waals surface area contributed by atoms with Gasteiger partial charge in [-0.1, -0.05) is 42.5 Å². The predicted octanol–water partition coefficient (Wildman–Crippen LogP) is 3.50. The van der Waals surface area contributed by atoms with Crippen LogP contribution >= 0.6 is 0 Å². The Bertz CT molecular complexity index is 1250. The molecule has 7 heteroatoms. The second-order valence-corrected chi connectivity index (χ2v) is 6.44. The van der Waals surface area contributed by atoms with Gasteiger partial charge in [0.05, 0.1) is 30.0 Å². The topological polar surface area (TPSA) is 73.5 Å². The molecule has 132 valence electrons. The van der Waals surface area contributed by atoms with Gasteiger partial charge in [-0.05, 0) is 16.3 Å². The summed E-state index contributed by atoms with van der Waals surface area (Å²) < 4.78 is 3.64. The number of hydrogen-bond donors (Lipinski definition) is 1. The molecule has 3 aromatic heterocycles. The molecule has 0 saturated carbocycles. The minimum atomic E-state index is 0.523. The maximum atomic E-state index is 4.66. The highest BCUT2D eigenvalue weighted by Gasteiger charge is 2.09. The minimum Gasteiger partial charge on any atom is -0.321 e. The molecule has 0 saturated heterocycles. The Morgan fingerprint density at radius 1 is 0.926 bits per heavy atom. The van der Waals surface area contributed by atoms with Gasteiger partial charge < -0.3 is 5.32 Å². The van der Waals surface area contributed by atoms with Gasteiger partial charge >= 0.3 is 0 Å². The SMILES string of the molecule is Cn1cc(Nc2ncc3cnn(Cc4cccc5ccccc45)c3n2)cn1. The van der Waals surface area contributed by atoms with E-state index in [1.54, 1.807) is 23.3 Å². The zero-order valence-corrected chi connectivity index (χ0v) is 14.7. The standard InChI is InChI=1S/C20H17N7/c1-26-13-17(11-22-26)24-20-21-9-16-10-23-27(19(16)25-20)12-15-7-4-6-14-5-2-3-8-18(14)15/h2-11,13H,12H2,1H3,(H,21,24,25). The Labute approximate surface area is 155 Å². The van der Waals surface area contributed by atoms with Gasteiger partial charge in [0.1, 0.15) is 0 Å². The molecule has 27 heavy (non-hydrogen) atoms. The molecular formula is C20H17N7. The van der Waals surface area contributed by atoms with Crippen LogP contribution in [0.25, 0.3) is 21.8 Å². The largest absolute Gasteiger partial charge is 0.321 e. The van der Waals surface area contributed by atoms with Crippen molar-refractivity contribution in [3.63, 3.8) is 0 Å². The van der Waals surface area contributed by atoms with Crippen molar-refractivity contribution >= 4 is 33.4 Å². The Morgan fingerprint density at radius 3 is 2.70 bits per heavy atom. The van der Waals surface area contributed by atoms with E-state index in [-0.39, 0.29) is 0 Å². The van der Waals surface area contributed by atoms with Gasteiger partial charge in [-0.15, -0.1) is 0 Å². The molecule has 0 atom stereocenters. The lowest BCUT2D eigenvalue weighted by molar-refractivity contribution is 0.707. The summed E-state index contributed by atoms with van der Waals surface area (Å²) in [7, 11) is 1.87. The van der Waals surface area contributed by atoms with Crippen LogP contribution in [0.2, 0.25) is 0 Å². The van der Waals surface area contributed by atoms with E-state index in [9.17, 15) is 0 Å². The third kappa shape index (κ3) is 2.89. The summed E-state index contributed by atoms with van der Waals surface area (Å²) in [5.41, 5.74) is 2.85. The van der Waals surface area contributed by atoms with Crippen molar-refractivity contribution in [2.45, 2.75) is 6.54 Å². The summed E-state index contributed by atoms with van der Waals surface area (Å²) in [6, 6.07) is 14.7. The Balaban J connectivity index is 1.52. The Hall–Kier alpha value is -3.74. The fourth-order valence-electron chi connectivity index (χ4n) is 3.25. The molecule has 5 rings (SSSR count). The first-order chi connectivity index (χ1) is 13.3. The van der Waals surface area contributed by atoms with Gasteiger partial charge in [-0.25, -0.2) is 9.67 Å². The van der Waals surface area contributed by atoms with Crippen LogP contribution in [0.3, 0.4) is 0 Å². The lowest BCUT2D eigenvalue weighted by atomic mass is 10.0. The van der Waals surface area contributed by atoms with Crippen molar-refractivity contribution < 1.29 is 0 Å². The average molecular weight is 355 g/mol. The van der Waals surface area contributed by atoms with E-state index in [1.807, 2.05) is 17.9 Å². The highest BCUT2D eigenvalue weighted by Crippen LogP contribution is 2.21. The summed E-state index contributed by atoms with van der Waals surface area (Å²) in [6.07, 6.45) is 7.20. The molecule has 0 spiro atoms. The molecular weight excluding hydrogens is 338 g/mol. The zero-order valence-electron chi connectivity index (χ0n) is 14.7. The van der Waals surface area contributed by atoms with E-state index in [0.717, 1.165) is 16.7 Å². The molecule has 0 radical (unpaired) electrons. The van der Waals surface area contributed by atoms with E-state index in [1.165, 1.54) is 16.3 Å². The first-order valence-corrected chi connectivity index (χ1v) is 8.67. The molecule has 0 bridgehead atoms. The van der Waals surface area contributed by atoms with Gasteiger partial charge in [-0.2, -0.15) is 15.2 Å². The summed E-state index contributed by atoms with van der Waals surface area (Å²) >= 11 is 0. The molecule has 0 aliphatic carbocycles. The quantitative estimate of drug-likeness (QED) is 0.534. The number of benzene rings is 2. The summed E-state index contributed by atoms with van der Waals surface area (Å²) in [6.45, 7) is 0.647. The number of rotatable bonds is 4. The molecule has 0 aliphatic heterocycles. The molecule has 0 amide bonds. The fourth-order valence-corrected chi connectivity index (χ4v) is 3.25. The van der Waals surface area contributed by atoms with Crippen LogP contribution in [0.5, 0.6) is 0 Å². The number of aromatic nitrogens is 6. The molecule has 5 aromatic rings. The van der Waals surface area contributed by atoms with Crippen LogP contribution in [0.15, 0.2) is 67.3 Å². The molecule has 1 N–H and O–H groups in total. The number of nitrogens with one attached hydrogen (secondary N) is 1. The zero-order chi connectivity index (χ0) is 18.2. The van der Waals surface area contributed by atoms with Crippen molar-refractivity contribution in [1.82, 2.24) is 29.5 Å². The number of fused-ring (bicyclic) bond motifs is 2. The third-order valence-electron chi connectivity index (χ3n) is 4.54. The normalized spacial score (nSPS) is 11.3. The Kier molecular flexibility index (Phi) is 3.57. The molecule has 0 aliphatic rings. The van der Waals surface area contributed by atoms with E-state index in [2.05, 4.69) is 67.9 Å². The van der Waals surface area contributed by atoms with Crippen LogP contribution in [0, 0.1) is 0 Å². The fraction of sp³-hybridized carbons (Fsp3) is 0.100. The second kappa shape index (κ2) is 6.21. The first kappa shape index (κ1) is 15.5. The van der Waals surface area contributed by atoms with Crippen LogP contribution < -0.4 is 5.32 Å². The van der Waals surface area contributed by atoms with Crippen molar-refractivity contribution in [1.29, 1.82) is 0 Å². The smallest absolute Gasteiger partial charge is 0.229 e. The van der Waals surface area contributed by atoms with E-state index >= 15 is 0 Å². The third-order valence-corrected chi connectivity index (χ3v) is 4.54. The van der Waals surface area contributed by atoms with Gasteiger partial charge in [0.2, 0.25) is 5.95 Å². The van der Waals surface area contributed by atoms with Gasteiger partial charge in [0.25, 0.3) is 0 Å². The highest BCUT2D eigenvalue weighted by molar-refractivity contribution is 5.86. The van der Waals surface area contributed by atoms with E-state index < -0.39 is 0 Å². The number of aryl methyl sites for hydroxylation is 1. The predicted molar refractivity (Wildman–Crippen MR) is 105 cm³/mol. The van der Waals surface area contributed by atoms with E-state index in [4.69, 9.17) is 0 Å². The second-order valence-electron chi connectivity index (χ2n) is 6.44. The molecule has 0 unspecified atom stereocenters. The average Bonchev–Trinajstić information content (AvgIpc) is 3.28. The van der Waals surface area contributed by atoms with Crippen LogP contribution in [-0.4, -0.2) is 29.5 Å². The molecule has 0 fully saturated rings. The number of nitrogens with zero attached hydrogens (tertiary/aromatic N) is 6. The summed E-state index contributed by atoms with van der Waals surface area (Å²) in [5.74, 6) is 0.523. The Morgan fingerprint density at radius 2 is 1.81 bits per heavy atom. The van der Waals surface area contributed by atoms with Crippen LogP contribution in [0.1, 0.15) is 5.56 Å². The van der Waals surface area contributed by atoms with Crippen LogP contribution in [-0.2, 0) is 13.6 Å². The van der Waals surface area contributed by atoms with Crippen molar-refractivity contribution in [3.8, 4) is 0 Å². The van der Waals surface area contributed by atoms with Crippen molar-refractivity contribution in [3.05, 3.63) is 72.8 Å². The monoisotopic (exact) mass is 355 g/mol. The maximum Gasteiger partial charge on any atom is 0.229 e. The maximum absolute atomic E-state index is 4.66. The lowest BCUT2D eigenvalue weighted by Crippen LogP contribution is -2.04. The molecule has 2 aromatic carbocycles. The lowest BCUT2D eigenvalue weighted by Gasteiger charge is -2.08. The van der Waals surface area contributed by atoms with Crippen molar-refractivity contribution in [2.24, 2.45) is 7.05 Å². The minimum absolute atomic E-state index is 0.523. The summed E-state index contributed by atoms with van der Waals surface area (Å²) in [4.78, 5) is 9.03. The van der Waals surface area contributed by atoms with Gasteiger partial charge in [0.15, 0.2) is 5.65 Å². The van der Waals surface area contributed by atoms with Gasteiger partial charge in [-0.3, -0.25) is 4.68 Å². The number of hydrogen-bond acceptors (Lipinski definition) is 5. The van der Waals surface area contributed by atoms with Crippen molar-refractivity contribution in [2.75, 3.05) is 5.32 Å².